The van der Waals surface area contributed by atoms with Gasteiger partial charge < -0.3 is 9.84 Å². The Balaban J connectivity index is 2.13. The summed E-state index contributed by atoms with van der Waals surface area (Å²) in [5, 5.41) is 14.4. The van der Waals surface area contributed by atoms with E-state index in [1.165, 1.54) is 0 Å². The van der Waals surface area contributed by atoms with E-state index < -0.39 is 0 Å². The van der Waals surface area contributed by atoms with E-state index in [0.717, 1.165) is 24.2 Å². The Morgan fingerprint density at radius 2 is 2.28 bits per heavy atom. The molecule has 18 heavy (non-hydrogen) atoms. The second-order valence-corrected chi connectivity index (χ2v) is 5.20. The fourth-order valence-corrected chi connectivity index (χ4v) is 2.78. The van der Waals surface area contributed by atoms with E-state index in [0.29, 0.717) is 11.7 Å². The minimum Gasteiger partial charge on any atom is -0.395 e. The van der Waals surface area contributed by atoms with Crippen LogP contribution in [-0.4, -0.2) is 52.2 Å². The number of hydrogen-bond acceptors (Lipinski definition) is 4. The molecule has 0 radical (unpaired) electrons. The molecule has 1 fully saturated rings. The van der Waals surface area contributed by atoms with Crippen molar-refractivity contribution in [2.75, 3.05) is 20.3 Å². The average molecular weight is 274 g/mol. The van der Waals surface area contributed by atoms with Gasteiger partial charge in [-0.2, -0.15) is 5.10 Å². The first-order valence-electron chi connectivity index (χ1n) is 6.12. The summed E-state index contributed by atoms with van der Waals surface area (Å²) in [4.78, 5) is 2.21. The van der Waals surface area contributed by atoms with Gasteiger partial charge in [0.15, 0.2) is 0 Å². The molecule has 2 heterocycles. The summed E-state index contributed by atoms with van der Waals surface area (Å²) in [6.45, 7) is 3.64. The van der Waals surface area contributed by atoms with E-state index in [-0.39, 0.29) is 18.8 Å². The highest BCUT2D eigenvalue weighted by Crippen LogP contribution is 2.26. The Labute approximate surface area is 112 Å². The summed E-state index contributed by atoms with van der Waals surface area (Å²) in [5.74, 6) is 0. The van der Waals surface area contributed by atoms with Crippen molar-refractivity contribution in [2.45, 2.75) is 32.0 Å². The highest BCUT2D eigenvalue weighted by molar-refractivity contribution is 6.30. The van der Waals surface area contributed by atoms with Crippen molar-refractivity contribution < 1.29 is 9.84 Å². The second kappa shape index (κ2) is 5.57. The van der Waals surface area contributed by atoms with Gasteiger partial charge in [-0.3, -0.25) is 9.58 Å². The summed E-state index contributed by atoms with van der Waals surface area (Å²) in [6.07, 6.45) is 1.06. The Morgan fingerprint density at radius 3 is 2.78 bits per heavy atom. The number of aryl methyl sites for hydroxylation is 2. The molecular formula is C12H20ClN3O2. The van der Waals surface area contributed by atoms with Crippen LogP contribution in [0.1, 0.15) is 17.7 Å². The Morgan fingerprint density at radius 1 is 1.56 bits per heavy atom. The van der Waals surface area contributed by atoms with Crippen LogP contribution in [-0.2, 0) is 18.3 Å². The summed E-state index contributed by atoms with van der Waals surface area (Å²) in [5.41, 5.74) is 1.98. The van der Waals surface area contributed by atoms with Crippen LogP contribution in [0.15, 0.2) is 0 Å². The van der Waals surface area contributed by atoms with Crippen molar-refractivity contribution >= 4 is 11.6 Å². The summed E-state index contributed by atoms with van der Waals surface area (Å²) in [6, 6.07) is 0.144. The van der Waals surface area contributed by atoms with Gasteiger partial charge >= 0.3 is 0 Å². The van der Waals surface area contributed by atoms with E-state index in [1.807, 2.05) is 14.0 Å². The zero-order valence-electron chi connectivity index (χ0n) is 11.1. The molecule has 0 amide bonds. The van der Waals surface area contributed by atoms with Gasteiger partial charge in [-0.05, 0) is 13.3 Å². The zero-order valence-corrected chi connectivity index (χ0v) is 11.8. The Hall–Kier alpha value is -0.620. The summed E-state index contributed by atoms with van der Waals surface area (Å²) in [7, 11) is 3.55. The molecule has 1 aromatic heterocycles. The first kappa shape index (κ1) is 13.8. The highest BCUT2D eigenvalue weighted by atomic mass is 35.5. The molecule has 1 saturated heterocycles. The van der Waals surface area contributed by atoms with Crippen LogP contribution in [0.25, 0.3) is 0 Å². The molecule has 2 rings (SSSR count). The lowest BCUT2D eigenvalue weighted by Crippen LogP contribution is -2.32. The number of methoxy groups -OCH3 is 1. The third kappa shape index (κ3) is 2.54. The number of nitrogens with zero attached hydrogens (tertiary/aromatic N) is 3. The zero-order chi connectivity index (χ0) is 13.3. The standard InChI is InChI=1S/C12H20ClN3O2/c1-8-11(12(13)15(2)14-8)6-16-5-10(18-3)4-9(16)7-17/h9-10,17H,4-7H2,1-3H3/t9-,10+/m0/s1. The maximum Gasteiger partial charge on any atom is 0.131 e. The van der Waals surface area contributed by atoms with E-state index in [9.17, 15) is 5.11 Å². The molecule has 0 spiro atoms. The first-order valence-corrected chi connectivity index (χ1v) is 6.50. The van der Waals surface area contributed by atoms with Crippen LogP contribution in [0.2, 0.25) is 5.15 Å². The minimum absolute atomic E-state index is 0.144. The van der Waals surface area contributed by atoms with E-state index in [1.54, 1.807) is 11.8 Å². The molecule has 2 atom stereocenters. The van der Waals surface area contributed by atoms with Crippen LogP contribution >= 0.6 is 11.6 Å². The van der Waals surface area contributed by atoms with Crippen LogP contribution in [0, 0.1) is 6.92 Å². The van der Waals surface area contributed by atoms with E-state index in [4.69, 9.17) is 16.3 Å². The van der Waals surface area contributed by atoms with Gasteiger partial charge in [0.2, 0.25) is 0 Å². The molecule has 0 aromatic carbocycles. The number of aliphatic hydroxyl groups is 1. The van der Waals surface area contributed by atoms with Crippen LogP contribution in [0.5, 0.6) is 0 Å². The number of likely N-dealkylation sites (tertiary alicyclic amines) is 1. The quantitative estimate of drug-likeness (QED) is 0.888. The SMILES string of the molecule is CO[C@@H]1C[C@@H](CO)N(Cc2c(C)nn(C)c2Cl)C1. The number of aromatic nitrogens is 2. The van der Waals surface area contributed by atoms with Gasteiger partial charge in [-0.1, -0.05) is 11.6 Å². The number of aliphatic hydroxyl groups excluding tert-OH is 1. The Kier molecular flexibility index (Phi) is 4.27. The molecule has 0 bridgehead atoms. The van der Waals surface area contributed by atoms with Crippen LogP contribution in [0.3, 0.4) is 0 Å². The Bertz CT molecular complexity index is 422. The lowest BCUT2D eigenvalue weighted by Gasteiger charge is -2.22. The fourth-order valence-electron chi connectivity index (χ4n) is 2.55. The van der Waals surface area contributed by atoms with Crippen molar-refractivity contribution in [2.24, 2.45) is 7.05 Å². The number of rotatable bonds is 4. The molecule has 6 heteroatoms. The summed E-state index contributed by atoms with van der Waals surface area (Å²) >= 11 is 6.23. The van der Waals surface area contributed by atoms with Gasteiger partial charge in [0.25, 0.3) is 0 Å². The monoisotopic (exact) mass is 273 g/mol. The molecule has 0 aliphatic carbocycles. The topological polar surface area (TPSA) is 50.5 Å². The third-order valence-electron chi connectivity index (χ3n) is 3.66. The largest absolute Gasteiger partial charge is 0.395 e. The maximum atomic E-state index is 9.42. The lowest BCUT2D eigenvalue weighted by molar-refractivity contribution is 0.107. The second-order valence-electron chi connectivity index (χ2n) is 4.84. The van der Waals surface area contributed by atoms with Gasteiger partial charge in [0.05, 0.1) is 18.4 Å². The van der Waals surface area contributed by atoms with Crippen molar-refractivity contribution in [3.8, 4) is 0 Å². The first-order chi connectivity index (χ1) is 8.56. The predicted octanol–water partition coefficient (Wildman–Crippen LogP) is 0.964. The van der Waals surface area contributed by atoms with Crippen molar-refractivity contribution in [3.05, 3.63) is 16.4 Å². The van der Waals surface area contributed by atoms with Crippen LogP contribution in [0.4, 0.5) is 0 Å². The van der Waals surface area contributed by atoms with Gasteiger partial charge in [0, 0.05) is 38.9 Å². The molecule has 1 aromatic rings. The predicted molar refractivity (Wildman–Crippen MR) is 69.7 cm³/mol. The smallest absolute Gasteiger partial charge is 0.131 e. The van der Waals surface area contributed by atoms with E-state index >= 15 is 0 Å². The molecule has 1 N–H and O–H groups in total. The van der Waals surface area contributed by atoms with Crippen molar-refractivity contribution in [1.82, 2.24) is 14.7 Å². The van der Waals surface area contributed by atoms with Crippen molar-refractivity contribution in [3.63, 3.8) is 0 Å². The highest BCUT2D eigenvalue weighted by Gasteiger charge is 2.32. The summed E-state index contributed by atoms with van der Waals surface area (Å²) < 4.78 is 7.05. The normalized spacial score (nSPS) is 24.9. The average Bonchev–Trinajstić information content (AvgIpc) is 2.86. The maximum absolute atomic E-state index is 9.42. The molecule has 5 nitrogen and oxygen atoms in total. The van der Waals surface area contributed by atoms with Crippen molar-refractivity contribution in [1.29, 1.82) is 0 Å². The number of ether oxygens (including phenoxy) is 1. The number of hydrogen-bond donors (Lipinski definition) is 1. The van der Waals surface area contributed by atoms with Gasteiger partial charge in [0.1, 0.15) is 5.15 Å². The number of halogens is 1. The molecule has 0 unspecified atom stereocenters. The van der Waals surface area contributed by atoms with Gasteiger partial charge in [-0.25, -0.2) is 0 Å². The van der Waals surface area contributed by atoms with Gasteiger partial charge in [-0.15, -0.1) is 0 Å². The fraction of sp³-hybridized carbons (Fsp3) is 0.750. The van der Waals surface area contributed by atoms with Crippen LogP contribution < -0.4 is 0 Å². The molecule has 0 saturated carbocycles. The third-order valence-corrected chi connectivity index (χ3v) is 4.14. The minimum atomic E-state index is 0.144. The molecule has 1 aliphatic heterocycles. The van der Waals surface area contributed by atoms with E-state index in [2.05, 4.69) is 10.00 Å². The molecule has 1 aliphatic rings. The lowest BCUT2D eigenvalue weighted by atomic mass is 10.2. The molecule has 102 valence electrons. The molecular weight excluding hydrogens is 254 g/mol.